The third-order valence-corrected chi connectivity index (χ3v) is 2.82. The molecule has 0 aliphatic heterocycles. The molecule has 0 amide bonds. The molecule has 0 radical (unpaired) electrons. The zero-order chi connectivity index (χ0) is 13.7. The lowest BCUT2D eigenvalue weighted by atomic mass is 10.2. The molecular formula is C13H20N6. The van der Waals surface area contributed by atoms with Gasteiger partial charge in [0.1, 0.15) is 12.7 Å². The Morgan fingerprint density at radius 1 is 1.26 bits per heavy atom. The number of nitrogens with zero attached hydrogens (tertiary/aromatic N) is 4. The van der Waals surface area contributed by atoms with Crippen LogP contribution in [0.1, 0.15) is 6.42 Å². The van der Waals surface area contributed by atoms with Crippen molar-refractivity contribution in [3.8, 4) is 5.69 Å². The number of benzene rings is 1. The molecule has 0 bridgehead atoms. The molecule has 0 atom stereocenters. The molecule has 1 aromatic heterocycles. The van der Waals surface area contributed by atoms with E-state index in [1.165, 1.54) is 0 Å². The SMILES string of the molecule is CN(C)CCCNc1ccc(N)cc1-n1cnnc1. The first kappa shape index (κ1) is 13.4. The van der Waals surface area contributed by atoms with Crippen molar-refractivity contribution < 1.29 is 0 Å². The van der Waals surface area contributed by atoms with Gasteiger partial charge in [-0.3, -0.25) is 4.57 Å². The fraction of sp³-hybridized carbons (Fsp3) is 0.385. The van der Waals surface area contributed by atoms with Gasteiger partial charge in [-0.25, -0.2) is 0 Å². The maximum Gasteiger partial charge on any atom is 0.123 e. The number of anilines is 2. The molecule has 6 nitrogen and oxygen atoms in total. The Bertz CT molecular complexity index is 506. The van der Waals surface area contributed by atoms with Gasteiger partial charge < -0.3 is 16.0 Å². The van der Waals surface area contributed by atoms with Crippen molar-refractivity contribution in [1.29, 1.82) is 0 Å². The lowest BCUT2D eigenvalue weighted by Crippen LogP contribution is -2.16. The smallest absolute Gasteiger partial charge is 0.123 e. The van der Waals surface area contributed by atoms with Gasteiger partial charge in [-0.05, 0) is 45.3 Å². The van der Waals surface area contributed by atoms with E-state index in [2.05, 4.69) is 34.5 Å². The molecule has 0 aliphatic carbocycles. The molecule has 1 aromatic carbocycles. The van der Waals surface area contributed by atoms with E-state index in [0.717, 1.165) is 36.6 Å². The van der Waals surface area contributed by atoms with Gasteiger partial charge in [-0.1, -0.05) is 0 Å². The van der Waals surface area contributed by atoms with Crippen molar-refractivity contribution in [2.45, 2.75) is 6.42 Å². The molecule has 1 heterocycles. The standard InChI is InChI=1S/C13H20N6/c1-18(2)7-3-6-15-12-5-4-11(14)8-13(12)19-9-16-17-10-19/h4-5,8-10,15H,3,6-7,14H2,1-2H3. The monoisotopic (exact) mass is 260 g/mol. The Morgan fingerprint density at radius 2 is 2.00 bits per heavy atom. The molecule has 0 aliphatic rings. The molecule has 102 valence electrons. The summed E-state index contributed by atoms with van der Waals surface area (Å²) in [6.07, 6.45) is 4.42. The predicted molar refractivity (Wildman–Crippen MR) is 77.4 cm³/mol. The summed E-state index contributed by atoms with van der Waals surface area (Å²) in [4.78, 5) is 2.17. The van der Waals surface area contributed by atoms with E-state index in [1.54, 1.807) is 12.7 Å². The van der Waals surface area contributed by atoms with Crippen molar-refractivity contribution in [2.24, 2.45) is 0 Å². The number of aromatic nitrogens is 3. The van der Waals surface area contributed by atoms with E-state index in [0.29, 0.717) is 0 Å². The van der Waals surface area contributed by atoms with Gasteiger partial charge in [0.15, 0.2) is 0 Å². The highest BCUT2D eigenvalue weighted by atomic mass is 15.2. The minimum Gasteiger partial charge on any atom is -0.399 e. The largest absolute Gasteiger partial charge is 0.399 e. The summed E-state index contributed by atoms with van der Waals surface area (Å²) in [7, 11) is 4.15. The summed E-state index contributed by atoms with van der Waals surface area (Å²) in [6.45, 7) is 1.97. The second-order valence-electron chi connectivity index (χ2n) is 4.73. The molecule has 0 unspecified atom stereocenters. The van der Waals surface area contributed by atoms with Gasteiger partial charge >= 0.3 is 0 Å². The molecule has 0 spiro atoms. The fourth-order valence-electron chi connectivity index (χ4n) is 1.86. The van der Waals surface area contributed by atoms with Crippen molar-refractivity contribution >= 4 is 11.4 Å². The van der Waals surface area contributed by atoms with Crippen molar-refractivity contribution in [3.63, 3.8) is 0 Å². The highest BCUT2D eigenvalue weighted by molar-refractivity contribution is 5.66. The number of rotatable bonds is 6. The van der Waals surface area contributed by atoms with Crippen LogP contribution in [-0.2, 0) is 0 Å². The molecule has 0 saturated heterocycles. The Hall–Kier alpha value is -2.08. The maximum absolute atomic E-state index is 5.84. The van der Waals surface area contributed by atoms with Crippen LogP contribution in [0.4, 0.5) is 11.4 Å². The second-order valence-corrected chi connectivity index (χ2v) is 4.73. The summed E-state index contributed by atoms with van der Waals surface area (Å²) in [5, 5.41) is 11.1. The molecule has 2 rings (SSSR count). The summed E-state index contributed by atoms with van der Waals surface area (Å²) >= 11 is 0. The van der Waals surface area contributed by atoms with Gasteiger partial charge in [-0.15, -0.1) is 10.2 Å². The first-order chi connectivity index (χ1) is 9.16. The molecule has 0 fully saturated rings. The molecule has 19 heavy (non-hydrogen) atoms. The zero-order valence-corrected chi connectivity index (χ0v) is 11.4. The maximum atomic E-state index is 5.84. The topological polar surface area (TPSA) is 72.0 Å². The van der Waals surface area contributed by atoms with Gasteiger partial charge in [0.2, 0.25) is 0 Å². The van der Waals surface area contributed by atoms with E-state index < -0.39 is 0 Å². The van der Waals surface area contributed by atoms with E-state index in [1.807, 2.05) is 22.8 Å². The second kappa shape index (κ2) is 6.19. The first-order valence-corrected chi connectivity index (χ1v) is 6.30. The van der Waals surface area contributed by atoms with Gasteiger partial charge in [0.05, 0.1) is 11.4 Å². The number of nitrogen functional groups attached to an aromatic ring is 1. The molecular weight excluding hydrogens is 240 g/mol. The van der Waals surface area contributed by atoms with Crippen LogP contribution >= 0.6 is 0 Å². The normalized spacial score (nSPS) is 10.9. The zero-order valence-electron chi connectivity index (χ0n) is 11.4. The van der Waals surface area contributed by atoms with E-state index in [9.17, 15) is 0 Å². The van der Waals surface area contributed by atoms with Crippen LogP contribution in [0.5, 0.6) is 0 Å². The minimum absolute atomic E-state index is 0.725. The number of nitrogens with two attached hydrogens (primary N) is 1. The average Bonchev–Trinajstić information content (AvgIpc) is 2.89. The molecule has 6 heteroatoms. The third kappa shape index (κ3) is 3.69. The van der Waals surface area contributed by atoms with Crippen LogP contribution in [-0.4, -0.2) is 46.8 Å². The Kier molecular flexibility index (Phi) is 4.35. The van der Waals surface area contributed by atoms with E-state index >= 15 is 0 Å². The van der Waals surface area contributed by atoms with Crippen molar-refractivity contribution in [2.75, 3.05) is 38.2 Å². The van der Waals surface area contributed by atoms with Crippen LogP contribution in [0.25, 0.3) is 5.69 Å². The summed E-state index contributed by atoms with van der Waals surface area (Å²) in [6, 6.07) is 5.79. The predicted octanol–water partition coefficient (Wildman–Crippen LogP) is 1.21. The lowest BCUT2D eigenvalue weighted by molar-refractivity contribution is 0.405. The molecule has 3 N–H and O–H groups in total. The number of hydrogen-bond donors (Lipinski definition) is 2. The molecule has 2 aromatic rings. The van der Waals surface area contributed by atoms with Crippen LogP contribution < -0.4 is 11.1 Å². The number of nitrogens with one attached hydrogen (secondary N) is 1. The van der Waals surface area contributed by atoms with Crippen LogP contribution in [0.3, 0.4) is 0 Å². The highest BCUT2D eigenvalue weighted by Gasteiger charge is 2.05. The van der Waals surface area contributed by atoms with Gasteiger partial charge in [0.25, 0.3) is 0 Å². The Labute approximate surface area is 113 Å². The first-order valence-electron chi connectivity index (χ1n) is 6.30. The van der Waals surface area contributed by atoms with E-state index in [4.69, 9.17) is 5.73 Å². The van der Waals surface area contributed by atoms with Crippen molar-refractivity contribution in [1.82, 2.24) is 19.7 Å². The number of hydrogen-bond acceptors (Lipinski definition) is 5. The van der Waals surface area contributed by atoms with Crippen molar-refractivity contribution in [3.05, 3.63) is 30.9 Å². The van der Waals surface area contributed by atoms with Gasteiger partial charge in [0, 0.05) is 12.2 Å². The Balaban J connectivity index is 2.08. The van der Waals surface area contributed by atoms with Crippen LogP contribution in [0, 0.1) is 0 Å². The Morgan fingerprint density at radius 3 is 2.68 bits per heavy atom. The summed E-state index contributed by atoms with van der Waals surface area (Å²) in [5.74, 6) is 0. The third-order valence-electron chi connectivity index (χ3n) is 2.82. The lowest BCUT2D eigenvalue weighted by Gasteiger charge is -2.14. The average molecular weight is 260 g/mol. The summed E-state index contributed by atoms with van der Waals surface area (Å²) in [5.41, 5.74) is 8.57. The van der Waals surface area contributed by atoms with Crippen LogP contribution in [0.15, 0.2) is 30.9 Å². The minimum atomic E-state index is 0.725. The summed E-state index contributed by atoms with van der Waals surface area (Å²) < 4.78 is 1.85. The fourth-order valence-corrected chi connectivity index (χ4v) is 1.86. The molecule has 0 saturated carbocycles. The quantitative estimate of drug-likeness (QED) is 0.603. The highest BCUT2D eigenvalue weighted by Crippen LogP contribution is 2.22. The van der Waals surface area contributed by atoms with E-state index in [-0.39, 0.29) is 0 Å². The van der Waals surface area contributed by atoms with Crippen LogP contribution in [0.2, 0.25) is 0 Å². The van der Waals surface area contributed by atoms with Gasteiger partial charge in [-0.2, -0.15) is 0 Å².